The summed E-state index contributed by atoms with van der Waals surface area (Å²) >= 11 is 1.14. The Morgan fingerprint density at radius 2 is 1.73 bits per heavy atom. The Balaban J connectivity index is 1.42. The molecule has 3 aromatic carbocycles. The van der Waals surface area contributed by atoms with Crippen LogP contribution in [0.4, 0.5) is 0 Å². The van der Waals surface area contributed by atoms with Crippen molar-refractivity contribution < 1.29 is 4.74 Å². The Bertz CT molecular complexity index is 2110. The highest BCUT2D eigenvalue weighted by molar-refractivity contribution is 7.15. The number of aromatic nitrogens is 5. The van der Waals surface area contributed by atoms with Gasteiger partial charge in [0.1, 0.15) is 17.1 Å². The van der Waals surface area contributed by atoms with Crippen LogP contribution in [0.2, 0.25) is 0 Å². The van der Waals surface area contributed by atoms with Crippen LogP contribution in [0.3, 0.4) is 0 Å². The van der Waals surface area contributed by atoms with Gasteiger partial charge >= 0.3 is 0 Å². The van der Waals surface area contributed by atoms with Crippen LogP contribution in [0.15, 0.2) is 88.6 Å². The van der Waals surface area contributed by atoms with E-state index in [9.17, 15) is 9.59 Å². The lowest BCUT2D eigenvalue weighted by Crippen LogP contribution is -2.28. The van der Waals surface area contributed by atoms with Gasteiger partial charge in [0.05, 0.1) is 16.8 Å². The SMILES string of the molecule is Cc1ccc(Cc2nn3c(=O)/c(=C/c4cn(-c5ccccc5)nc4-c4ccc(OCCC(C)C)c(C)c4)sc3nc2=O)cc1. The van der Waals surface area contributed by atoms with Gasteiger partial charge in [-0.15, -0.1) is 0 Å². The summed E-state index contributed by atoms with van der Waals surface area (Å²) < 4.78 is 9.49. The molecule has 6 rings (SSSR count). The van der Waals surface area contributed by atoms with Crippen LogP contribution in [-0.2, 0) is 6.42 Å². The molecule has 0 radical (unpaired) electrons. The van der Waals surface area contributed by atoms with Crippen molar-refractivity contribution >= 4 is 22.4 Å². The van der Waals surface area contributed by atoms with Crippen molar-refractivity contribution in [3.05, 3.63) is 132 Å². The number of ether oxygens (including phenoxy) is 1. The van der Waals surface area contributed by atoms with E-state index in [0.717, 1.165) is 62.7 Å². The van der Waals surface area contributed by atoms with E-state index in [-0.39, 0.29) is 16.2 Å². The summed E-state index contributed by atoms with van der Waals surface area (Å²) in [5.41, 5.74) is 5.82. The number of para-hydroxylation sites is 1. The highest BCUT2D eigenvalue weighted by Crippen LogP contribution is 2.29. The summed E-state index contributed by atoms with van der Waals surface area (Å²) in [5, 5.41) is 9.36. The van der Waals surface area contributed by atoms with E-state index >= 15 is 0 Å². The average Bonchev–Trinajstić information content (AvgIpc) is 3.56. The van der Waals surface area contributed by atoms with Crippen LogP contribution in [0.5, 0.6) is 5.75 Å². The molecule has 222 valence electrons. The first-order valence-corrected chi connectivity index (χ1v) is 15.5. The Labute approximate surface area is 258 Å². The van der Waals surface area contributed by atoms with Gasteiger partial charge in [0.15, 0.2) is 0 Å². The maximum Gasteiger partial charge on any atom is 0.296 e. The summed E-state index contributed by atoms with van der Waals surface area (Å²) in [5.74, 6) is 1.41. The van der Waals surface area contributed by atoms with Crippen LogP contribution in [0.1, 0.15) is 48.2 Å². The van der Waals surface area contributed by atoms with Gasteiger partial charge in [-0.05, 0) is 73.7 Å². The minimum absolute atomic E-state index is 0.233. The molecule has 6 aromatic rings. The lowest BCUT2D eigenvalue weighted by atomic mass is 10.0. The monoisotopic (exact) mass is 603 g/mol. The van der Waals surface area contributed by atoms with Crippen molar-refractivity contribution in [3.8, 4) is 22.7 Å². The highest BCUT2D eigenvalue weighted by Gasteiger charge is 2.16. The molecule has 0 aliphatic rings. The van der Waals surface area contributed by atoms with Crippen LogP contribution in [-0.4, -0.2) is 31.0 Å². The molecule has 0 saturated carbocycles. The number of benzene rings is 3. The first-order valence-electron chi connectivity index (χ1n) is 14.6. The predicted octanol–water partition coefficient (Wildman–Crippen LogP) is 5.54. The van der Waals surface area contributed by atoms with Crippen molar-refractivity contribution in [2.75, 3.05) is 6.61 Å². The molecule has 0 fully saturated rings. The Morgan fingerprint density at radius 3 is 2.45 bits per heavy atom. The van der Waals surface area contributed by atoms with E-state index in [0.29, 0.717) is 23.5 Å². The van der Waals surface area contributed by atoms with Crippen molar-refractivity contribution in [2.45, 2.75) is 40.5 Å². The van der Waals surface area contributed by atoms with Gasteiger partial charge < -0.3 is 4.74 Å². The Hall–Kier alpha value is -4.89. The summed E-state index contributed by atoms with van der Waals surface area (Å²) in [6.45, 7) is 9.05. The van der Waals surface area contributed by atoms with E-state index in [2.05, 4.69) is 30.0 Å². The molecule has 0 aliphatic carbocycles. The number of nitrogens with zero attached hydrogens (tertiary/aromatic N) is 5. The smallest absolute Gasteiger partial charge is 0.296 e. The third-order valence-corrected chi connectivity index (χ3v) is 8.35. The second-order valence-corrected chi connectivity index (χ2v) is 12.4. The van der Waals surface area contributed by atoms with Gasteiger partial charge in [0.2, 0.25) is 4.96 Å². The quantitative estimate of drug-likeness (QED) is 0.215. The molecule has 0 atom stereocenters. The zero-order chi connectivity index (χ0) is 30.8. The summed E-state index contributed by atoms with van der Waals surface area (Å²) in [6, 6.07) is 23.7. The third kappa shape index (κ3) is 6.23. The van der Waals surface area contributed by atoms with Crippen LogP contribution in [0.25, 0.3) is 28.0 Å². The topological polar surface area (TPSA) is 91.4 Å². The summed E-state index contributed by atoms with van der Waals surface area (Å²) in [4.78, 5) is 30.9. The Morgan fingerprint density at radius 1 is 0.955 bits per heavy atom. The molecule has 0 N–H and O–H groups in total. The lowest BCUT2D eigenvalue weighted by Gasteiger charge is -2.11. The van der Waals surface area contributed by atoms with Gasteiger partial charge in [0, 0.05) is 23.7 Å². The molecule has 0 bridgehead atoms. The second-order valence-electron chi connectivity index (χ2n) is 11.4. The molecular weight excluding hydrogens is 570 g/mol. The summed E-state index contributed by atoms with van der Waals surface area (Å²) in [7, 11) is 0. The predicted molar refractivity (Wildman–Crippen MR) is 175 cm³/mol. The van der Waals surface area contributed by atoms with E-state index in [4.69, 9.17) is 9.84 Å². The van der Waals surface area contributed by atoms with E-state index in [1.54, 1.807) is 10.8 Å². The van der Waals surface area contributed by atoms with E-state index in [1.165, 1.54) is 4.52 Å². The molecule has 0 spiro atoms. The molecule has 0 aliphatic heterocycles. The van der Waals surface area contributed by atoms with Crippen LogP contribution < -0.4 is 20.4 Å². The third-order valence-electron chi connectivity index (χ3n) is 7.39. The fraction of sp³-hybridized carbons (Fsp3) is 0.229. The van der Waals surface area contributed by atoms with Gasteiger partial charge in [-0.25, -0.2) is 4.68 Å². The van der Waals surface area contributed by atoms with Crippen molar-refractivity contribution in [2.24, 2.45) is 5.92 Å². The Kier molecular flexibility index (Phi) is 8.21. The normalized spacial score (nSPS) is 12.0. The first-order chi connectivity index (χ1) is 21.2. The zero-order valence-corrected chi connectivity index (χ0v) is 26.0. The van der Waals surface area contributed by atoms with Gasteiger partial charge in [-0.2, -0.15) is 19.7 Å². The number of hydrogen-bond acceptors (Lipinski definition) is 7. The molecule has 0 amide bonds. The second kappa shape index (κ2) is 12.4. The van der Waals surface area contributed by atoms with Gasteiger partial charge in [-0.3, -0.25) is 9.59 Å². The molecule has 8 nitrogen and oxygen atoms in total. The fourth-order valence-electron chi connectivity index (χ4n) is 4.89. The minimum atomic E-state index is -0.429. The molecule has 9 heteroatoms. The maximum atomic E-state index is 13.6. The number of fused-ring (bicyclic) bond motifs is 1. The van der Waals surface area contributed by atoms with Gasteiger partial charge in [-0.1, -0.05) is 73.2 Å². The van der Waals surface area contributed by atoms with E-state index in [1.807, 2.05) is 86.8 Å². The molecular formula is C35H33N5O3S. The standard InChI is InChI=1S/C35H33N5O3S/c1-22(2)16-17-43-30-15-14-26(18-24(30)4)32-27(21-39(38-32)28-8-6-5-7-9-28)20-31-34(42)40-35(44-31)36-33(41)29(37-40)19-25-12-10-23(3)11-13-25/h5-15,18,20-22H,16-17,19H2,1-4H3/b31-20-. The molecule has 0 saturated heterocycles. The molecule has 3 heterocycles. The van der Waals surface area contributed by atoms with Crippen LogP contribution >= 0.6 is 11.3 Å². The number of rotatable bonds is 9. The number of aryl methyl sites for hydroxylation is 2. The number of hydrogen-bond donors (Lipinski definition) is 0. The molecule has 0 unspecified atom stereocenters. The lowest BCUT2D eigenvalue weighted by molar-refractivity contribution is 0.288. The van der Waals surface area contributed by atoms with Crippen molar-refractivity contribution in [1.29, 1.82) is 0 Å². The number of thiazole rings is 1. The van der Waals surface area contributed by atoms with Gasteiger partial charge in [0.25, 0.3) is 11.1 Å². The van der Waals surface area contributed by atoms with Crippen LogP contribution in [0, 0.1) is 19.8 Å². The first kappa shape index (κ1) is 29.2. The van der Waals surface area contributed by atoms with E-state index < -0.39 is 5.56 Å². The van der Waals surface area contributed by atoms with Crippen molar-refractivity contribution in [1.82, 2.24) is 24.4 Å². The average molecular weight is 604 g/mol. The van der Waals surface area contributed by atoms with Crippen molar-refractivity contribution in [3.63, 3.8) is 0 Å². The zero-order valence-electron chi connectivity index (χ0n) is 25.2. The molecule has 44 heavy (non-hydrogen) atoms. The minimum Gasteiger partial charge on any atom is -0.493 e. The largest absolute Gasteiger partial charge is 0.493 e. The molecule has 3 aromatic heterocycles. The highest BCUT2D eigenvalue weighted by atomic mass is 32.1. The maximum absolute atomic E-state index is 13.6. The fourth-order valence-corrected chi connectivity index (χ4v) is 5.78. The summed E-state index contributed by atoms with van der Waals surface area (Å²) in [6.07, 6.45) is 4.99.